The van der Waals surface area contributed by atoms with Crippen molar-refractivity contribution in [2.45, 2.75) is 271 Å². The summed E-state index contributed by atoms with van der Waals surface area (Å²) in [5.74, 6) is -0.912. The molecule has 0 amide bonds. The molecule has 394 valence electrons. The van der Waals surface area contributed by atoms with Crippen molar-refractivity contribution in [1.29, 1.82) is 0 Å². The van der Waals surface area contributed by atoms with Gasteiger partial charge in [0.15, 0.2) is 6.10 Å². The lowest BCUT2D eigenvalue weighted by Crippen LogP contribution is -2.30. The zero-order valence-corrected chi connectivity index (χ0v) is 45.0. The maximum Gasteiger partial charge on any atom is 0.306 e. The largest absolute Gasteiger partial charge is 0.462 e. The predicted molar refractivity (Wildman–Crippen MR) is 297 cm³/mol. The second-order valence-electron chi connectivity index (χ2n) is 18.8. The second-order valence-corrected chi connectivity index (χ2v) is 18.8. The van der Waals surface area contributed by atoms with Crippen LogP contribution in [0.2, 0.25) is 0 Å². The molecule has 69 heavy (non-hydrogen) atoms. The molecular weight excluding hydrogens is 853 g/mol. The van der Waals surface area contributed by atoms with E-state index in [0.717, 1.165) is 122 Å². The minimum absolute atomic E-state index is 0.0887. The summed E-state index contributed by atoms with van der Waals surface area (Å²) < 4.78 is 16.9. The molecule has 0 saturated heterocycles. The van der Waals surface area contributed by atoms with Gasteiger partial charge in [0, 0.05) is 19.3 Å². The summed E-state index contributed by atoms with van der Waals surface area (Å²) >= 11 is 0. The summed E-state index contributed by atoms with van der Waals surface area (Å²) in [6.07, 6.45) is 75.3. The van der Waals surface area contributed by atoms with Crippen molar-refractivity contribution < 1.29 is 28.6 Å². The van der Waals surface area contributed by atoms with E-state index >= 15 is 0 Å². The van der Waals surface area contributed by atoms with Crippen LogP contribution < -0.4 is 0 Å². The highest BCUT2D eigenvalue weighted by Crippen LogP contribution is 2.15. The highest BCUT2D eigenvalue weighted by molar-refractivity contribution is 5.71. The molecule has 0 spiro atoms. The Kier molecular flexibility index (Phi) is 53.9. The van der Waals surface area contributed by atoms with Crippen LogP contribution in [0.25, 0.3) is 0 Å². The lowest BCUT2D eigenvalue weighted by atomic mass is 10.1. The number of hydrogen-bond acceptors (Lipinski definition) is 6. The van der Waals surface area contributed by atoms with E-state index in [1.807, 2.05) is 0 Å². The Morgan fingerprint density at radius 2 is 0.565 bits per heavy atom. The van der Waals surface area contributed by atoms with E-state index in [-0.39, 0.29) is 31.1 Å². The molecule has 1 atom stereocenters. The van der Waals surface area contributed by atoms with E-state index in [0.29, 0.717) is 19.3 Å². The smallest absolute Gasteiger partial charge is 0.306 e. The Morgan fingerprint density at radius 1 is 0.304 bits per heavy atom. The monoisotopic (exact) mass is 959 g/mol. The van der Waals surface area contributed by atoms with E-state index < -0.39 is 6.10 Å². The molecule has 6 nitrogen and oxygen atoms in total. The van der Waals surface area contributed by atoms with E-state index in [2.05, 4.69) is 118 Å². The quantitative estimate of drug-likeness (QED) is 0.0262. The van der Waals surface area contributed by atoms with Gasteiger partial charge in [-0.05, 0) is 116 Å². The van der Waals surface area contributed by atoms with Crippen molar-refractivity contribution in [3.63, 3.8) is 0 Å². The number of unbranched alkanes of at least 4 members (excludes halogenated alkanes) is 24. The average Bonchev–Trinajstić information content (AvgIpc) is 3.35. The summed E-state index contributed by atoms with van der Waals surface area (Å²) in [6, 6.07) is 0. The number of hydrogen-bond donors (Lipinski definition) is 0. The van der Waals surface area contributed by atoms with Gasteiger partial charge in [-0.3, -0.25) is 14.4 Å². The first-order chi connectivity index (χ1) is 34.0. The molecule has 0 rings (SSSR count). The summed E-state index contributed by atoms with van der Waals surface area (Å²) in [6.45, 7) is 6.39. The number of ether oxygens (including phenoxy) is 3. The molecule has 0 fully saturated rings. The fourth-order valence-electron chi connectivity index (χ4n) is 7.80. The van der Waals surface area contributed by atoms with Crippen molar-refractivity contribution in [2.75, 3.05) is 13.2 Å². The van der Waals surface area contributed by atoms with Crippen molar-refractivity contribution in [1.82, 2.24) is 0 Å². The fourth-order valence-corrected chi connectivity index (χ4v) is 7.80. The molecule has 6 heteroatoms. The topological polar surface area (TPSA) is 78.9 Å². The molecule has 0 bridgehead atoms. The van der Waals surface area contributed by atoms with Crippen LogP contribution in [0, 0.1) is 0 Å². The normalized spacial score (nSPS) is 12.8. The lowest BCUT2D eigenvalue weighted by Gasteiger charge is -2.18. The van der Waals surface area contributed by atoms with Gasteiger partial charge in [0.05, 0.1) is 0 Å². The average molecular weight is 960 g/mol. The molecule has 0 aliphatic carbocycles. The van der Waals surface area contributed by atoms with Gasteiger partial charge in [0.25, 0.3) is 0 Å². The molecule has 0 N–H and O–H groups in total. The van der Waals surface area contributed by atoms with E-state index in [4.69, 9.17) is 14.2 Å². The lowest BCUT2D eigenvalue weighted by molar-refractivity contribution is -0.167. The van der Waals surface area contributed by atoms with Gasteiger partial charge < -0.3 is 14.2 Å². The van der Waals surface area contributed by atoms with Gasteiger partial charge >= 0.3 is 17.9 Å². The fraction of sp³-hybridized carbons (Fsp3) is 0.698. The Morgan fingerprint density at radius 3 is 0.899 bits per heavy atom. The first-order valence-electron chi connectivity index (χ1n) is 28.7. The van der Waals surface area contributed by atoms with Gasteiger partial charge in [0.1, 0.15) is 13.2 Å². The summed E-state index contributed by atoms with van der Waals surface area (Å²) in [5, 5.41) is 0. The molecule has 0 aliphatic heterocycles. The van der Waals surface area contributed by atoms with E-state index in [1.54, 1.807) is 0 Å². The van der Waals surface area contributed by atoms with Crippen LogP contribution in [0.5, 0.6) is 0 Å². The third kappa shape index (κ3) is 55.1. The van der Waals surface area contributed by atoms with Crippen LogP contribution in [-0.2, 0) is 28.6 Å². The maximum atomic E-state index is 12.9. The molecule has 1 unspecified atom stereocenters. The summed E-state index contributed by atoms with van der Waals surface area (Å²) in [7, 11) is 0. The zero-order valence-electron chi connectivity index (χ0n) is 45.0. The summed E-state index contributed by atoms with van der Waals surface area (Å²) in [5.41, 5.74) is 0. The first kappa shape index (κ1) is 65.3. The maximum absolute atomic E-state index is 12.9. The predicted octanol–water partition coefficient (Wildman–Crippen LogP) is 19.3. The molecule has 0 aromatic carbocycles. The number of esters is 3. The SMILES string of the molecule is CC/C=C\C/C=C\C/C=C\C/C=C\CCCCCCCCCCC(=O)OCC(COC(=O)CCCCCCC/C=C\CCCCCC)OC(=O)CCCCCCCCC/C=C\C/C=C\C/C=C\CC. The molecule has 0 heterocycles. The molecule has 0 aromatic heterocycles. The van der Waals surface area contributed by atoms with Gasteiger partial charge in [-0.15, -0.1) is 0 Å². The Bertz CT molecular complexity index is 1380. The van der Waals surface area contributed by atoms with Gasteiger partial charge in [-0.1, -0.05) is 227 Å². The van der Waals surface area contributed by atoms with Crippen molar-refractivity contribution in [2.24, 2.45) is 0 Å². The highest BCUT2D eigenvalue weighted by Gasteiger charge is 2.19. The van der Waals surface area contributed by atoms with Crippen molar-refractivity contribution >= 4 is 17.9 Å². The Balaban J connectivity index is 4.40. The second kappa shape index (κ2) is 56.9. The number of rotatable bonds is 51. The molecule has 0 aromatic rings. The third-order valence-electron chi connectivity index (χ3n) is 12.1. The standard InChI is InChI=1S/C63H106O6/c1-4-7-10-13-16-19-22-25-27-29-30-31-32-34-35-38-41-44-47-50-53-56-62(65)68-59-60(58-67-61(64)55-52-49-46-43-40-37-24-21-18-15-12-9-6-3)69-63(66)57-54-51-48-45-42-39-36-33-28-26-23-20-17-14-11-8-5-2/h7-8,10-11,16-17,19-21,24-28,30-31,60H,4-6,9,12-15,18,22-23,29,32-59H2,1-3H3/b10-7-,11-8-,19-16-,20-17-,24-21-,27-25-,28-26-,31-30-. The van der Waals surface area contributed by atoms with Crippen molar-refractivity contribution in [3.8, 4) is 0 Å². The van der Waals surface area contributed by atoms with Crippen LogP contribution in [0.4, 0.5) is 0 Å². The van der Waals surface area contributed by atoms with Crippen molar-refractivity contribution in [3.05, 3.63) is 97.2 Å². The van der Waals surface area contributed by atoms with Crippen LogP contribution in [-0.4, -0.2) is 37.2 Å². The van der Waals surface area contributed by atoms with Crippen LogP contribution in [0.3, 0.4) is 0 Å². The number of allylic oxidation sites excluding steroid dienone is 16. The number of carbonyl (C=O) groups excluding carboxylic acids is 3. The van der Waals surface area contributed by atoms with Crippen LogP contribution >= 0.6 is 0 Å². The molecule has 0 radical (unpaired) electrons. The Labute approximate surface area is 426 Å². The van der Waals surface area contributed by atoms with Gasteiger partial charge in [0.2, 0.25) is 0 Å². The van der Waals surface area contributed by atoms with Crippen LogP contribution in [0.15, 0.2) is 97.2 Å². The minimum Gasteiger partial charge on any atom is -0.462 e. The third-order valence-corrected chi connectivity index (χ3v) is 12.1. The molecule has 0 saturated carbocycles. The number of carbonyl (C=O) groups is 3. The van der Waals surface area contributed by atoms with Crippen LogP contribution in [0.1, 0.15) is 265 Å². The first-order valence-corrected chi connectivity index (χ1v) is 28.7. The van der Waals surface area contributed by atoms with Gasteiger partial charge in [-0.25, -0.2) is 0 Å². The van der Waals surface area contributed by atoms with E-state index in [9.17, 15) is 14.4 Å². The molecule has 0 aliphatic rings. The zero-order chi connectivity index (χ0) is 50.0. The molecular formula is C63H106O6. The minimum atomic E-state index is -0.791. The highest BCUT2D eigenvalue weighted by atomic mass is 16.6. The Hall–Kier alpha value is -3.67. The van der Waals surface area contributed by atoms with E-state index in [1.165, 1.54) is 103 Å². The summed E-state index contributed by atoms with van der Waals surface area (Å²) in [4.78, 5) is 38.2. The van der Waals surface area contributed by atoms with Gasteiger partial charge in [-0.2, -0.15) is 0 Å².